The lowest BCUT2D eigenvalue weighted by Gasteiger charge is -2.05. The van der Waals surface area contributed by atoms with E-state index in [1.165, 1.54) is 0 Å². The van der Waals surface area contributed by atoms with Crippen LogP contribution >= 0.6 is 0 Å². The fraction of sp³-hybridized carbons (Fsp3) is 0.200. The van der Waals surface area contributed by atoms with Crippen LogP contribution in [0.5, 0.6) is 5.75 Å². The minimum absolute atomic E-state index is 0.0105. The molecule has 6 heteroatoms. The van der Waals surface area contributed by atoms with Crippen molar-refractivity contribution in [2.75, 3.05) is 6.26 Å². The molecule has 16 heavy (non-hydrogen) atoms. The molecule has 5 nitrogen and oxygen atoms in total. The highest BCUT2D eigenvalue weighted by Crippen LogP contribution is 2.32. The van der Waals surface area contributed by atoms with Crippen molar-refractivity contribution in [3.8, 4) is 5.75 Å². The first-order chi connectivity index (χ1) is 7.46. The van der Waals surface area contributed by atoms with E-state index >= 15 is 0 Å². The summed E-state index contributed by atoms with van der Waals surface area (Å²) in [5.41, 5.74) is 0.357. The monoisotopic (exact) mass is 241 g/mol. The summed E-state index contributed by atoms with van der Waals surface area (Å²) in [6.07, 6.45) is 1.03. The zero-order chi connectivity index (χ0) is 11.9. The average Bonchev–Trinajstić information content (AvgIpc) is 2.51. The van der Waals surface area contributed by atoms with Crippen LogP contribution in [-0.2, 0) is 16.6 Å². The van der Waals surface area contributed by atoms with Crippen molar-refractivity contribution in [2.24, 2.45) is 0 Å². The lowest BCUT2D eigenvalue weighted by Crippen LogP contribution is -2.13. The molecular weight excluding hydrogens is 230 g/mol. The highest BCUT2D eigenvalue weighted by atomic mass is 32.2. The van der Waals surface area contributed by atoms with E-state index in [-0.39, 0.29) is 11.4 Å². The standard InChI is InChI=1S/C10H11NO4S/c1-16(14,15)11-8-5-3-2-4-7(8)10(13)9(11)6-12/h2-5,12-13H,6H2,1H3. The van der Waals surface area contributed by atoms with Crippen molar-refractivity contribution in [2.45, 2.75) is 6.61 Å². The molecule has 0 saturated carbocycles. The van der Waals surface area contributed by atoms with Gasteiger partial charge in [0.05, 0.1) is 18.4 Å². The first-order valence-corrected chi connectivity index (χ1v) is 6.44. The van der Waals surface area contributed by atoms with Crippen molar-refractivity contribution < 1.29 is 18.6 Å². The van der Waals surface area contributed by atoms with Gasteiger partial charge in [0, 0.05) is 5.39 Å². The van der Waals surface area contributed by atoms with Crippen LogP contribution in [0.1, 0.15) is 5.69 Å². The molecule has 0 atom stereocenters. The summed E-state index contributed by atoms with van der Waals surface area (Å²) in [4.78, 5) is 0. The normalized spacial score (nSPS) is 12.1. The van der Waals surface area contributed by atoms with Crippen LogP contribution in [-0.4, -0.2) is 28.9 Å². The Morgan fingerprint density at radius 1 is 1.31 bits per heavy atom. The summed E-state index contributed by atoms with van der Waals surface area (Å²) < 4.78 is 24.1. The Morgan fingerprint density at radius 3 is 2.50 bits per heavy atom. The van der Waals surface area contributed by atoms with Crippen LogP contribution in [0.4, 0.5) is 0 Å². The van der Waals surface area contributed by atoms with Crippen LogP contribution in [0.2, 0.25) is 0 Å². The summed E-state index contributed by atoms with van der Waals surface area (Å²) in [7, 11) is -3.55. The van der Waals surface area contributed by atoms with Gasteiger partial charge in [-0.15, -0.1) is 0 Å². The van der Waals surface area contributed by atoms with Gasteiger partial charge in [-0.1, -0.05) is 12.1 Å². The number of hydrogen-bond acceptors (Lipinski definition) is 4. The van der Waals surface area contributed by atoms with Crippen molar-refractivity contribution in [1.82, 2.24) is 3.97 Å². The van der Waals surface area contributed by atoms with Crippen LogP contribution in [0.3, 0.4) is 0 Å². The molecule has 0 unspecified atom stereocenters. The van der Waals surface area contributed by atoms with Crippen molar-refractivity contribution in [3.05, 3.63) is 30.0 Å². The predicted octanol–water partition coefficient (Wildman–Crippen LogP) is 0.647. The topological polar surface area (TPSA) is 79.5 Å². The van der Waals surface area contributed by atoms with Gasteiger partial charge in [0.2, 0.25) is 10.0 Å². The largest absolute Gasteiger partial charge is 0.505 e. The minimum atomic E-state index is -3.55. The summed E-state index contributed by atoms with van der Waals surface area (Å²) in [5, 5.41) is 19.3. The molecule has 0 radical (unpaired) electrons. The van der Waals surface area contributed by atoms with Crippen molar-refractivity contribution in [1.29, 1.82) is 0 Å². The number of aromatic nitrogens is 1. The molecule has 2 aromatic rings. The highest BCUT2D eigenvalue weighted by molar-refractivity contribution is 7.89. The average molecular weight is 241 g/mol. The van der Waals surface area contributed by atoms with Crippen molar-refractivity contribution >= 4 is 20.9 Å². The first-order valence-electron chi connectivity index (χ1n) is 4.59. The van der Waals surface area contributed by atoms with E-state index in [1.54, 1.807) is 24.3 Å². The Hall–Kier alpha value is -1.53. The SMILES string of the molecule is CS(=O)(=O)n1c(CO)c(O)c2ccccc21. The fourth-order valence-electron chi connectivity index (χ4n) is 1.77. The second-order valence-electron chi connectivity index (χ2n) is 3.50. The number of para-hydroxylation sites is 1. The van der Waals surface area contributed by atoms with Gasteiger partial charge in [-0.2, -0.15) is 0 Å². The molecule has 2 rings (SSSR count). The fourth-order valence-corrected chi connectivity index (χ4v) is 2.83. The van der Waals surface area contributed by atoms with Crippen LogP contribution in [0, 0.1) is 0 Å². The molecule has 86 valence electrons. The van der Waals surface area contributed by atoms with Gasteiger partial charge < -0.3 is 10.2 Å². The van der Waals surface area contributed by atoms with Gasteiger partial charge in [-0.3, -0.25) is 0 Å². The van der Waals surface area contributed by atoms with Crippen LogP contribution in [0.15, 0.2) is 24.3 Å². The number of aliphatic hydroxyl groups excluding tert-OH is 1. The third-order valence-corrected chi connectivity index (χ3v) is 3.46. The molecule has 0 spiro atoms. The summed E-state index contributed by atoms with van der Waals surface area (Å²) in [6.45, 7) is -0.534. The zero-order valence-electron chi connectivity index (χ0n) is 8.58. The molecule has 0 aliphatic rings. The molecule has 0 saturated heterocycles. The number of aliphatic hydroxyl groups is 1. The van der Waals surface area contributed by atoms with E-state index < -0.39 is 16.6 Å². The van der Waals surface area contributed by atoms with Crippen LogP contribution < -0.4 is 0 Å². The predicted molar refractivity (Wildman–Crippen MR) is 59.8 cm³/mol. The molecule has 2 N–H and O–H groups in total. The third-order valence-electron chi connectivity index (χ3n) is 2.38. The number of rotatable bonds is 2. The summed E-state index contributed by atoms with van der Waals surface area (Å²) in [6, 6.07) is 6.54. The number of aromatic hydroxyl groups is 1. The molecular formula is C10H11NO4S. The van der Waals surface area contributed by atoms with E-state index in [1.807, 2.05) is 0 Å². The highest BCUT2D eigenvalue weighted by Gasteiger charge is 2.20. The van der Waals surface area contributed by atoms with E-state index in [9.17, 15) is 13.5 Å². The maximum atomic E-state index is 11.6. The van der Waals surface area contributed by atoms with E-state index in [0.29, 0.717) is 10.9 Å². The summed E-state index contributed by atoms with van der Waals surface area (Å²) in [5.74, 6) is -0.191. The van der Waals surface area contributed by atoms with Crippen molar-refractivity contribution in [3.63, 3.8) is 0 Å². The minimum Gasteiger partial charge on any atom is -0.505 e. The van der Waals surface area contributed by atoms with Gasteiger partial charge in [-0.05, 0) is 12.1 Å². The Balaban J connectivity index is 3.01. The van der Waals surface area contributed by atoms with Gasteiger partial charge in [0.1, 0.15) is 11.4 Å². The van der Waals surface area contributed by atoms with E-state index in [0.717, 1.165) is 10.2 Å². The maximum absolute atomic E-state index is 11.6. The molecule has 1 aromatic carbocycles. The molecule has 0 fully saturated rings. The zero-order valence-corrected chi connectivity index (χ0v) is 9.40. The van der Waals surface area contributed by atoms with Gasteiger partial charge >= 0.3 is 0 Å². The Morgan fingerprint density at radius 2 is 1.94 bits per heavy atom. The second-order valence-corrected chi connectivity index (χ2v) is 5.33. The number of hydrogen-bond donors (Lipinski definition) is 2. The van der Waals surface area contributed by atoms with E-state index in [2.05, 4.69) is 0 Å². The Kier molecular flexibility index (Phi) is 2.40. The second kappa shape index (κ2) is 3.50. The quantitative estimate of drug-likeness (QED) is 0.809. The first kappa shape index (κ1) is 11.0. The molecule has 1 heterocycles. The van der Waals surface area contributed by atoms with Crippen LogP contribution in [0.25, 0.3) is 10.9 Å². The lowest BCUT2D eigenvalue weighted by molar-refractivity contribution is 0.270. The maximum Gasteiger partial charge on any atom is 0.236 e. The summed E-state index contributed by atoms with van der Waals surface area (Å²) >= 11 is 0. The van der Waals surface area contributed by atoms with E-state index in [4.69, 9.17) is 5.11 Å². The lowest BCUT2D eigenvalue weighted by atomic mass is 10.2. The van der Waals surface area contributed by atoms with Gasteiger partial charge in [-0.25, -0.2) is 12.4 Å². The molecule has 0 amide bonds. The van der Waals surface area contributed by atoms with Gasteiger partial charge in [0.15, 0.2) is 0 Å². The smallest absolute Gasteiger partial charge is 0.236 e. The molecule has 0 aliphatic heterocycles. The molecule has 0 aliphatic carbocycles. The number of benzene rings is 1. The molecule has 0 bridgehead atoms. The Bertz CT molecular complexity index is 642. The number of nitrogens with zero attached hydrogens (tertiary/aromatic N) is 1. The molecule has 1 aromatic heterocycles. The van der Waals surface area contributed by atoms with Gasteiger partial charge in [0.25, 0.3) is 0 Å². The Labute approximate surface area is 92.6 Å². The number of fused-ring (bicyclic) bond motifs is 1. The third kappa shape index (κ3) is 1.46.